The first-order chi connectivity index (χ1) is 15.9. The summed E-state index contributed by atoms with van der Waals surface area (Å²) in [4.78, 5) is 44.5. The second kappa shape index (κ2) is 13.8. The molecule has 0 bridgehead atoms. The van der Waals surface area contributed by atoms with E-state index in [1.807, 2.05) is 6.92 Å². The number of fused-ring (bicyclic) bond motifs is 1. The number of carbonyl (C=O) groups is 3. The Labute approximate surface area is 199 Å². The van der Waals surface area contributed by atoms with Crippen molar-refractivity contribution in [3.8, 4) is 0 Å². The van der Waals surface area contributed by atoms with Crippen LogP contribution in [0.25, 0.3) is 0 Å². The highest BCUT2D eigenvalue weighted by Gasteiger charge is 2.40. The van der Waals surface area contributed by atoms with Gasteiger partial charge in [-0.2, -0.15) is 0 Å². The van der Waals surface area contributed by atoms with E-state index in [1.54, 1.807) is 0 Å². The average Bonchev–Trinajstić information content (AvgIpc) is 2.72. The van der Waals surface area contributed by atoms with Crippen molar-refractivity contribution in [2.75, 3.05) is 45.1 Å². The minimum absolute atomic E-state index is 0.871. The van der Waals surface area contributed by atoms with Gasteiger partial charge in [-0.15, -0.1) is 0 Å². The monoisotopic (exact) mass is 483 g/mol. The van der Waals surface area contributed by atoms with E-state index >= 15 is 0 Å². The summed E-state index contributed by atoms with van der Waals surface area (Å²) in [6, 6.07) is 0. The molecule has 34 heavy (non-hydrogen) atoms. The topological polar surface area (TPSA) is 176 Å². The van der Waals surface area contributed by atoms with E-state index in [0.717, 1.165) is 63.8 Å². The predicted octanol–water partition coefficient (Wildman–Crippen LogP) is 0.668. The van der Waals surface area contributed by atoms with Crippen LogP contribution in [0, 0.1) is 6.92 Å². The maximum absolute atomic E-state index is 10.3. The van der Waals surface area contributed by atoms with E-state index < -0.39 is 36.4 Å². The summed E-state index contributed by atoms with van der Waals surface area (Å²) in [7, 11) is 2.15. The molecule has 2 heterocycles. The lowest BCUT2D eigenvalue weighted by atomic mass is 9.96. The molecule has 0 radical (unpaired) electrons. The molecule has 1 aromatic heterocycles. The van der Waals surface area contributed by atoms with Gasteiger partial charge in [0.15, 0.2) is 5.60 Å². The quantitative estimate of drug-likeness (QED) is 0.263. The van der Waals surface area contributed by atoms with Crippen molar-refractivity contribution in [3.05, 3.63) is 17.1 Å². The number of carboxylic acids is 3. The SMILES string of the molecule is CCN(CC)CCCNc1nc(C)nc2c1CCN(C)C2.O=C(O)CC(O)(CC(=O)O)C(=O)O. The van der Waals surface area contributed by atoms with Crippen LogP contribution < -0.4 is 5.32 Å². The number of nitrogens with zero attached hydrogens (tertiary/aromatic N) is 4. The Morgan fingerprint density at radius 1 is 1.09 bits per heavy atom. The zero-order valence-corrected chi connectivity index (χ0v) is 20.4. The number of rotatable bonds is 12. The number of aryl methyl sites for hydroxylation is 1. The molecule has 1 aliphatic rings. The predicted molar refractivity (Wildman–Crippen MR) is 125 cm³/mol. The van der Waals surface area contributed by atoms with Crippen LogP contribution in [-0.2, 0) is 27.3 Å². The van der Waals surface area contributed by atoms with Gasteiger partial charge < -0.3 is 35.5 Å². The number of hydrogen-bond acceptors (Lipinski definition) is 9. The van der Waals surface area contributed by atoms with Gasteiger partial charge in [0.1, 0.15) is 11.6 Å². The lowest BCUT2D eigenvalue weighted by Gasteiger charge is -2.26. The number of likely N-dealkylation sites (N-methyl/N-ethyl adjacent to an activating group) is 1. The number of anilines is 1. The number of aromatic nitrogens is 2. The zero-order valence-electron chi connectivity index (χ0n) is 20.4. The largest absolute Gasteiger partial charge is 0.481 e. The summed E-state index contributed by atoms with van der Waals surface area (Å²) < 4.78 is 0. The van der Waals surface area contributed by atoms with Crippen LogP contribution in [0.2, 0.25) is 0 Å². The zero-order chi connectivity index (χ0) is 25.9. The maximum atomic E-state index is 10.3. The molecule has 0 saturated heterocycles. The molecule has 1 aromatic rings. The Kier molecular flexibility index (Phi) is 11.8. The van der Waals surface area contributed by atoms with Crippen molar-refractivity contribution < 1.29 is 34.8 Å². The van der Waals surface area contributed by atoms with Crippen LogP contribution in [0.3, 0.4) is 0 Å². The van der Waals surface area contributed by atoms with Crippen molar-refractivity contribution in [2.24, 2.45) is 0 Å². The van der Waals surface area contributed by atoms with E-state index in [0.29, 0.717) is 0 Å². The van der Waals surface area contributed by atoms with Crippen molar-refractivity contribution in [1.29, 1.82) is 0 Å². The summed E-state index contributed by atoms with van der Waals surface area (Å²) in [5.74, 6) is -3.09. The number of nitrogens with one attached hydrogen (secondary N) is 1. The second-order valence-electron chi connectivity index (χ2n) is 8.32. The van der Waals surface area contributed by atoms with E-state index in [4.69, 9.17) is 20.4 Å². The summed E-state index contributed by atoms with van der Waals surface area (Å²) in [6.07, 6.45) is -0.0901. The highest BCUT2D eigenvalue weighted by Crippen LogP contribution is 2.22. The van der Waals surface area contributed by atoms with Crippen LogP contribution in [0.1, 0.15) is 50.2 Å². The maximum Gasteiger partial charge on any atom is 0.336 e. The van der Waals surface area contributed by atoms with Crippen LogP contribution in [0.4, 0.5) is 5.82 Å². The third-order valence-electron chi connectivity index (χ3n) is 5.49. The third-order valence-corrected chi connectivity index (χ3v) is 5.49. The average molecular weight is 484 g/mol. The molecule has 0 aliphatic carbocycles. The Bertz CT molecular complexity index is 829. The molecule has 1 aliphatic heterocycles. The van der Waals surface area contributed by atoms with Gasteiger partial charge in [-0.3, -0.25) is 9.59 Å². The molecule has 0 unspecified atom stereocenters. The molecule has 0 atom stereocenters. The summed E-state index contributed by atoms with van der Waals surface area (Å²) >= 11 is 0. The molecular formula is C22H37N5O7. The van der Waals surface area contributed by atoms with Crippen molar-refractivity contribution in [1.82, 2.24) is 19.8 Å². The van der Waals surface area contributed by atoms with E-state index in [-0.39, 0.29) is 0 Å². The molecule has 0 aromatic carbocycles. The van der Waals surface area contributed by atoms with E-state index in [2.05, 4.69) is 46.0 Å². The van der Waals surface area contributed by atoms with Gasteiger partial charge in [0.25, 0.3) is 0 Å². The summed E-state index contributed by atoms with van der Waals surface area (Å²) in [6.45, 7) is 12.8. The Hall–Kier alpha value is -2.83. The third kappa shape index (κ3) is 9.57. The van der Waals surface area contributed by atoms with Gasteiger partial charge in [-0.25, -0.2) is 14.8 Å². The number of aliphatic hydroxyl groups is 1. The van der Waals surface area contributed by atoms with Crippen LogP contribution >= 0.6 is 0 Å². The molecule has 0 fully saturated rings. The van der Waals surface area contributed by atoms with Crippen LogP contribution in [0.5, 0.6) is 0 Å². The molecule has 12 nitrogen and oxygen atoms in total. The molecule has 0 spiro atoms. The molecule has 192 valence electrons. The van der Waals surface area contributed by atoms with Crippen molar-refractivity contribution >= 4 is 23.7 Å². The first kappa shape index (κ1) is 29.2. The normalized spacial score (nSPS) is 13.6. The standard InChI is InChI=1S/C16H29N5.C6H8O7/c1-5-21(6-2)10-7-9-17-16-14-8-11-20(4)12-15(14)18-13(3)19-16;7-3(8)1-6(13,5(11)12)2-4(9)10/h5-12H2,1-4H3,(H,17,18,19);13H,1-2H2,(H,7,8)(H,9,10)(H,11,12). The lowest BCUT2D eigenvalue weighted by molar-refractivity contribution is -0.170. The Balaban J connectivity index is 0.000000385. The fourth-order valence-electron chi connectivity index (χ4n) is 3.59. The Morgan fingerprint density at radius 2 is 1.68 bits per heavy atom. The van der Waals surface area contributed by atoms with Gasteiger partial charge in [-0.1, -0.05) is 13.8 Å². The van der Waals surface area contributed by atoms with E-state index in [1.165, 1.54) is 11.3 Å². The fraction of sp³-hybridized carbons (Fsp3) is 0.682. The van der Waals surface area contributed by atoms with Gasteiger partial charge in [0.2, 0.25) is 0 Å². The first-order valence-electron chi connectivity index (χ1n) is 11.3. The summed E-state index contributed by atoms with van der Waals surface area (Å²) in [5.41, 5.74) is -0.221. The first-order valence-corrected chi connectivity index (χ1v) is 11.3. The van der Waals surface area contributed by atoms with Gasteiger partial charge in [0, 0.05) is 25.2 Å². The van der Waals surface area contributed by atoms with Gasteiger partial charge in [-0.05, 0) is 46.4 Å². The second-order valence-corrected chi connectivity index (χ2v) is 8.32. The lowest BCUT2D eigenvalue weighted by Crippen LogP contribution is -2.42. The molecule has 0 amide bonds. The Morgan fingerprint density at radius 3 is 2.18 bits per heavy atom. The number of hydrogen-bond donors (Lipinski definition) is 5. The van der Waals surface area contributed by atoms with E-state index in [9.17, 15) is 14.4 Å². The molecule has 12 heteroatoms. The fourth-order valence-corrected chi connectivity index (χ4v) is 3.59. The minimum Gasteiger partial charge on any atom is -0.481 e. The molecule has 0 saturated carbocycles. The van der Waals surface area contributed by atoms with Gasteiger partial charge in [0.05, 0.1) is 18.5 Å². The molecule has 5 N–H and O–H groups in total. The van der Waals surface area contributed by atoms with Crippen LogP contribution in [-0.4, -0.2) is 103 Å². The molecule has 2 rings (SSSR count). The van der Waals surface area contributed by atoms with Crippen molar-refractivity contribution in [3.63, 3.8) is 0 Å². The smallest absolute Gasteiger partial charge is 0.336 e. The highest BCUT2D eigenvalue weighted by atomic mass is 16.4. The van der Waals surface area contributed by atoms with Gasteiger partial charge >= 0.3 is 17.9 Å². The minimum atomic E-state index is -2.74. The van der Waals surface area contributed by atoms with Crippen LogP contribution in [0.15, 0.2) is 0 Å². The number of carboxylic acid groups (broad SMARTS) is 3. The summed E-state index contributed by atoms with van der Waals surface area (Å²) in [5, 5.41) is 37.3. The molecular weight excluding hydrogens is 446 g/mol. The highest BCUT2D eigenvalue weighted by molar-refractivity contribution is 5.88. The van der Waals surface area contributed by atoms with Crippen molar-refractivity contribution in [2.45, 2.75) is 58.6 Å². The number of aliphatic carboxylic acids is 3.